The van der Waals surface area contributed by atoms with Gasteiger partial charge in [0.1, 0.15) is 0 Å². The number of amides is 1. The van der Waals surface area contributed by atoms with Crippen LogP contribution in [0.4, 0.5) is 0 Å². The molecule has 0 aliphatic rings. The topological polar surface area (TPSA) is 46.6 Å². The molecule has 0 heterocycles. The molecule has 0 fully saturated rings. The van der Waals surface area contributed by atoms with Crippen molar-refractivity contribution in [3.63, 3.8) is 0 Å². The second-order valence-electron chi connectivity index (χ2n) is 6.52. The molecule has 138 valence electrons. The molecule has 0 N–H and O–H groups in total. The Balaban J connectivity index is 1.97. The second kappa shape index (κ2) is 9.88. The summed E-state index contributed by atoms with van der Waals surface area (Å²) in [7, 11) is 1.62. The minimum absolute atomic E-state index is 0.00727. The number of rotatable bonds is 9. The zero-order valence-electron chi connectivity index (χ0n) is 15.8. The number of methoxy groups -OCH3 is 1. The smallest absolute Gasteiger partial charge is 0.223 e. The van der Waals surface area contributed by atoms with Crippen molar-refractivity contribution in [1.29, 1.82) is 0 Å². The van der Waals surface area contributed by atoms with E-state index < -0.39 is 0 Å². The van der Waals surface area contributed by atoms with Crippen LogP contribution in [0.15, 0.2) is 48.5 Å². The first-order valence-corrected chi connectivity index (χ1v) is 8.92. The van der Waals surface area contributed by atoms with Crippen molar-refractivity contribution in [3.8, 4) is 0 Å². The molecule has 2 rings (SSSR count). The summed E-state index contributed by atoms with van der Waals surface area (Å²) in [5.74, 6) is -0.0176. The number of hydrogen-bond donors (Lipinski definition) is 0. The normalized spacial score (nSPS) is 10.6. The summed E-state index contributed by atoms with van der Waals surface area (Å²) >= 11 is 0. The minimum atomic E-state index is -0.0249. The molecule has 0 saturated heterocycles. The van der Waals surface area contributed by atoms with Crippen molar-refractivity contribution < 1.29 is 14.3 Å². The fourth-order valence-corrected chi connectivity index (χ4v) is 2.74. The van der Waals surface area contributed by atoms with Gasteiger partial charge in [0.15, 0.2) is 5.78 Å². The molecule has 0 radical (unpaired) electrons. The fraction of sp³-hybridized carbons (Fsp3) is 0.364. The van der Waals surface area contributed by atoms with E-state index in [0.717, 1.165) is 16.7 Å². The Labute approximate surface area is 155 Å². The zero-order chi connectivity index (χ0) is 18.9. The van der Waals surface area contributed by atoms with E-state index >= 15 is 0 Å². The Hall–Kier alpha value is -2.46. The summed E-state index contributed by atoms with van der Waals surface area (Å²) in [6.07, 6.45) is 0.432. The Morgan fingerprint density at radius 2 is 1.69 bits per heavy atom. The molecule has 4 heteroatoms. The van der Waals surface area contributed by atoms with Gasteiger partial charge in [-0.05, 0) is 36.6 Å². The van der Waals surface area contributed by atoms with Crippen molar-refractivity contribution in [2.24, 2.45) is 0 Å². The Morgan fingerprint density at radius 3 is 2.35 bits per heavy atom. The van der Waals surface area contributed by atoms with Crippen LogP contribution in [0.2, 0.25) is 0 Å². The van der Waals surface area contributed by atoms with Crippen LogP contribution in [0, 0.1) is 13.8 Å². The third-order valence-corrected chi connectivity index (χ3v) is 4.53. The number of carbonyl (C=O) groups is 2. The maximum atomic E-state index is 12.6. The molecule has 0 aliphatic carbocycles. The lowest BCUT2D eigenvalue weighted by Gasteiger charge is -2.22. The summed E-state index contributed by atoms with van der Waals surface area (Å²) < 4.78 is 5.12. The molecule has 1 amide bonds. The third-order valence-electron chi connectivity index (χ3n) is 4.53. The van der Waals surface area contributed by atoms with Crippen molar-refractivity contribution in [2.45, 2.75) is 33.2 Å². The van der Waals surface area contributed by atoms with Crippen molar-refractivity contribution in [1.82, 2.24) is 4.90 Å². The highest BCUT2D eigenvalue weighted by molar-refractivity contribution is 5.98. The SMILES string of the molecule is COCCN(Cc1ccccc1)C(=O)CCC(=O)c1ccc(C)c(C)c1. The van der Waals surface area contributed by atoms with E-state index in [4.69, 9.17) is 4.74 Å². The van der Waals surface area contributed by atoms with Crippen LogP contribution in [-0.2, 0) is 16.1 Å². The first-order chi connectivity index (χ1) is 12.5. The molecular formula is C22H27NO3. The number of ketones is 1. The largest absolute Gasteiger partial charge is 0.383 e. The predicted octanol–water partition coefficient (Wildman–Crippen LogP) is 3.94. The third kappa shape index (κ3) is 5.81. The van der Waals surface area contributed by atoms with Gasteiger partial charge in [-0.3, -0.25) is 9.59 Å². The number of aryl methyl sites for hydroxylation is 2. The average molecular weight is 353 g/mol. The molecular weight excluding hydrogens is 326 g/mol. The van der Waals surface area contributed by atoms with E-state index in [1.807, 2.05) is 62.4 Å². The maximum Gasteiger partial charge on any atom is 0.223 e. The lowest BCUT2D eigenvalue weighted by Crippen LogP contribution is -2.33. The van der Waals surface area contributed by atoms with Gasteiger partial charge in [-0.1, -0.05) is 42.5 Å². The van der Waals surface area contributed by atoms with E-state index in [0.29, 0.717) is 25.3 Å². The van der Waals surface area contributed by atoms with Gasteiger partial charge in [0.2, 0.25) is 5.91 Å². The van der Waals surface area contributed by atoms with E-state index in [-0.39, 0.29) is 24.5 Å². The number of hydrogen-bond acceptors (Lipinski definition) is 3. The predicted molar refractivity (Wildman–Crippen MR) is 103 cm³/mol. The summed E-state index contributed by atoms with van der Waals surface area (Å²) in [4.78, 5) is 26.8. The molecule has 0 bridgehead atoms. The van der Waals surface area contributed by atoms with Gasteiger partial charge in [0.25, 0.3) is 0 Å². The Bertz CT molecular complexity index is 740. The number of ether oxygens (including phenoxy) is 1. The van der Waals surface area contributed by atoms with Crippen LogP contribution < -0.4 is 0 Å². The minimum Gasteiger partial charge on any atom is -0.383 e. The number of Topliss-reactive ketones (excluding diaryl/α,β-unsaturated/α-hetero) is 1. The van der Waals surface area contributed by atoms with Crippen LogP contribution in [0.1, 0.15) is 39.9 Å². The highest BCUT2D eigenvalue weighted by Crippen LogP contribution is 2.14. The quantitative estimate of drug-likeness (QED) is 0.642. The standard InChI is InChI=1S/C22H27NO3/c1-17-9-10-20(15-18(17)2)21(24)11-12-22(25)23(13-14-26-3)16-19-7-5-4-6-8-19/h4-10,15H,11-14,16H2,1-3H3. The molecule has 2 aromatic carbocycles. The van der Waals surface area contributed by atoms with Gasteiger partial charge in [-0.15, -0.1) is 0 Å². The zero-order valence-corrected chi connectivity index (χ0v) is 15.8. The van der Waals surface area contributed by atoms with Gasteiger partial charge < -0.3 is 9.64 Å². The Kier molecular flexibility index (Phi) is 7.54. The van der Waals surface area contributed by atoms with Crippen LogP contribution in [0.5, 0.6) is 0 Å². The van der Waals surface area contributed by atoms with Gasteiger partial charge in [-0.25, -0.2) is 0 Å². The summed E-state index contributed by atoms with van der Waals surface area (Å²) in [5.41, 5.74) is 3.99. The average Bonchev–Trinajstić information content (AvgIpc) is 2.65. The maximum absolute atomic E-state index is 12.6. The molecule has 2 aromatic rings. The van der Waals surface area contributed by atoms with Crippen LogP contribution in [-0.4, -0.2) is 36.9 Å². The van der Waals surface area contributed by atoms with E-state index in [1.165, 1.54) is 0 Å². The van der Waals surface area contributed by atoms with Gasteiger partial charge in [-0.2, -0.15) is 0 Å². The molecule has 0 unspecified atom stereocenters. The van der Waals surface area contributed by atoms with E-state index in [9.17, 15) is 9.59 Å². The van der Waals surface area contributed by atoms with Crippen LogP contribution in [0.25, 0.3) is 0 Å². The number of benzene rings is 2. The molecule has 0 aliphatic heterocycles. The van der Waals surface area contributed by atoms with E-state index in [2.05, 4.69) is 0 Å². The van der Waals surface area contributed by atoms with Crippen LogP contribution >= 0.6 is 0 Å². The lowest BCUT2D eigenvalue weighted by atomic mass is 10.0. The molecule has 4 nitrogen and oxygen atoms in total. The molecule has 0 atom stereocenters. The van der Waals surface area contributed by atoms with Gasteiger partial charge in [0, 0.05) is 38.6 Å². The first-order valence-electron chi connectivity index (χ1n) is 8.92. The molecule has 0 aromatic heterocycles. The fourth-order valence-electron chi connectivity index (χ4n) is 2.74. The van der Waals surface area contributed by atoms with Crippen molar-refractivity contribution in [3.05, 3.63) is 70.8 Å². The van der Waals surface area contributed by atoms with Crippen molar-refractivity contribution in [2.75, 3.05) is 20.3 Å². The van der Waals surface area contributed by atoms with Gasteiger partial charge >= 0.3 is 0 Å². The monoisotopic (exact) mass is 353 g/mol. The first kappa shape index (κ1) is 19.9. The van der Waals surface area contributed by atoms with E-state index in [1.54, 1.807) is 12.0 Å². The van der Waals surface area contributed by atoms with Crippen LogP contribution in [0.3, 0.4) is 0 Å². The lowest BCUT2D eigenvalue weighted by molar-refractivity contribution is -0.132. The summed E-state index contributed by atoms with van der Waals surface area (Å²) in [5, 5.41) is 0. The van der Waals surface area contributed by atoms with Crippen molar-refractivity contribution >= 4 is 11.7 Å². The summed E-state index contributed by atoms with van der Waals surface area (Å²) in [6.45, 7) is 5.53. The highest BCUT2D eigenvalue weighted by Gasteiger charge is 2.16. The number of nitrogens with zero attached hydrogens (tertiary/aromatic N) is 1. The molecule has 26 heavy (non-hydrogen) atoms. The molecule has 0 spiro atoms. The molecule has 0 saturated carbocycles. The summed E-state index contributed by atoms with van der Waals surface area (Å²) in [6, 6.07) is 15.5. The highest BCUT2D eigenvalue weighted by atomic mass is 16.5. The second-order valence-corrected chi connectivity index (χ2v) is 6.52. The Morgan fingerprint density at radius 1 is 0.962 bits per heavy atom. The van der Waals surface area contributed by atoms with Gasteiger partial charge in [0.05, 0.1) is 6.61 Å². The number of carbonyl (C=O) groups excluding carboxylic acids is 2.